The van der Waals surface area contributed by atoms with Crippen molar-refractivity contribution in [1.29, 1.82) is 0 Å². The Labute approximate surface area is 124 Å². The van der Waals surface area contributed by atoms with Crippen LogP contribution in [-0.2, 0) is 0 Å². The number of hydrogen-bond acceptors (Lipinski definition) is 5. The summed E-state index contributed by atoms with van der Waals surface area (Å²) in [6, 6.07) is 5.80. The highest BCUT2D eigenvalue weighted by molar-refractivity contribution is 6.33. The summed E-state index contributed by atoms with van der Waals surface area (Å²) in [5.41, 5.74) is 6.42. The molecule has 8 heteroatoms. The van der Waals surface area contributed by atoms with Crippen molar-refractivity contribution in [2.24, 2.45) is 0 Å². The number of nitrogens with one attached hydrogen (secondary N) is 1. The number of hydrogen-bond donors (Lipinski definition) is 2. The number of anilines is 2. The zero-order valence-corrected chi connectivity index (χ0v) is 11.7. The molecule has 2 rings (SSSR count). The highest BCUT2D eigenvalue weighted by atomic mass is 35.5. The van der Waals surface area contributed by atoms with Gasteiger partial charge in [-0.3, -0.25) is 14.9 Å². The van der Waals surface area contributed by atoms with Gasteiger partial charge >= 0.3 is 0 Å². The molecule has 2 aromatic rings. The summed E-state index contributed by atoms with van der Waals surface area (Å²) in [6.45, 7) is 1.62. The third kappa shape index (κ3) is 3.26. The summed E-state index contributed by atoms with van der Waals surface area (Å²) in [6.07, 6.45) is 1.28. The van der Waals surface area contributed by atoms with Gasteiger partial charge in [0.15, 0.2) is 0 Å². The molecule has 0 radical (unpaired) electrons. The molecule has 0 aliphatic carbocycles. The van der Waals surface area contributed by atoms with Gasteiger partial charge in [-0.05, 0) is 19.1 Å². The van der Waals surface area contributed by atoms with Gasteiger partial charge in [0.25, 0.3) is 11.6 Å². The Morgan fingerprint density at radius 3 is 2.76 bits per heavy atom. The number of nitrogens with zero attached hydrogens (tertiary/aromatic N) is 2. The first-order valence-corrected chi connectivity index (χ1v) is 6.23. The van der Waals surface area contributed by atoms with Crippen molar-refractivity contribution in [2.45, 2.75) is 6.92 Å². The second-order valence-corrected chi connectivity index (χ2v) is 4.71. The maximum absolute atomic E-state index is 12.0. The molecule has 21 heavy (non-hydrogen) atoms. The smallest absolute Gasteiger partial charge is 0.274 e. The molecule has 0 saturated heterocycles. The lowest BCUT2D eigenvalue weighted by molar-refractivity contribution is -0.385. The van der Waals surface area contributed by atoms with Crippen LogP contribution in [0.2, 0.25) is 5.02 Å². The number of benzene rings is 1. The Morgan fingerprint density at radius 2 is 2.14 bits per heavy atom. The lowest BCUT2D eigenvalue weighted by Gasteiger charge is -2.07. The molecule has 0 bridgehead atoms. The summed E-state index contributed by atoms with van der Waals surface area (Å²) < 4.78 is 0. The maximum Gasteiger partial charge on any atom is 0.274 e. The van der Waals surface area contributed by atoms with E-state index in [9.17, 15) is 14.9 Å². The molecule has 108 valence electrons. The predicted octanol–water partition coefficient (Wildman–Crippen LogP) is 2.79. The van der Waals surface area contributed by atoms with Gasteiger partial charge in [0.2, 0.25) is 0 Å². The van der Waals surface area contributed by atoms with E-state index >= 15 is 0 Å². The monoisotopic (exact) mass is 306 g/mol. The third-order valence-electron chi connectivity index (χ3n) is 2.80. The Morgan fingerprint density at radius 1 is 1.43 bits per heavy atom. The minimum absolute atomic E-state index is 0.0683. The van der Waals surface area contributed by atoms with Gasteiger partial charge in [-0.2, -0.15) is 0 Å². The van der Waals surface area contributed by atoms with Crippen LogP contribution >= 0.6 is 11.6 Å². The Bertz CT molecular complexity index is 733. The van der Waals surface area contributed by atoms with Crippen molar-refractivity contribution < 1.29 is 9.72 Å². The molecule has 1 heterocycles. The molecule has 1 amide bonds. The summed E-state index contributed by atoms with van der Waals surface area (Å²) in [7, 11) is 0. The maximum atomic E-state index is 12.0. The molecule has 1 aromatic carbocycles. The van der Waals surface area contributed by atoms with Crippen molar-refractivity contribution in [1.82, 2.24) is 4.98 Å². The number of halogens is 1. The number of nitrogen functional groups attached to an aromatic ring is 1. The molecular weight excluding hydrogens is 296 g/mol. The number of amides is 1. The Hall–Kier alpha value is -2.67. The van der Waals surface area contributed by atoms with Gasteiger partial charge < -0.3 is 11.1 Å². The lowest BCUT2D eigenvalue weighted by atomic mass is 10.1. The highest BCUT2D eigenvalue weighted by Crippen LogP contribution is 2.23. The molecule has 0 spiro atoms. The van der Waals surface area contributed by atoms with Gasteiger partial charge in [-0.25, -0.2) is 4.98 Å². The second-order valence-electron chi connectivity index (χ2n) is 4.30. The van der Waals surface area contributed by atoms with Crippen LogP contribution in [0, 0.1) is 17.0 Å². The van der Waals surface area contributed by atoms with Crippen LogP contribution in [0.3, 0.4) is 0 Å². The molecule has 0 aliphatic heterocycles. The topological polar surface area (TPSA) is 111 Å². The van der Waals surface area contributed by atoms with Crippen LogP contribution < -0.4 is 11.1 Å². The largest absolute Gasteiger partial charge is 0.382 e. The summed E-state index contributed by atoms with van der Waals surface area (Å²) >= 11 is 5.79. The van der Waals surface area contributed by atoms with E-state index in [1.807, 2.05) is 0 Å². The predicted molar refractivity (Wildman–Crippen MR) is 79.4 cm³/mol. The van der Waals surface area contributed by atoms with Crippen molar-refractivity contribution in [3.63, 3.8) is 0 Å². The van der Waals surface area contributed by atoms with Crippen LogP contribution in [0.15, 0.2) is 30.5 Å². The van der Waals surface area contributed by atoms with Crippen molar-refractivity contribution in [2.75, 3.05) is 11.1 Å². The van der Waals surface area contributed by atoms with E-state index in [2.05, 4.69) is 10.3 Å². The first-order chi connectivity index (χ1) is 9.88. The Kier molecular flexibility index (Phi) is 4.04. The molecule has 0 atom stereocenters. The van der Waals surface area contributed by atoms with Gasteiger partial charge in [0.05, 0.1) is 15.5 Å². The number of aromatic nitrogens is 1. The lowest BCUT2D eigenvalue weighted by Crippen LogP contribution is -2.13. The number of nitro groups is 1. The number of carbonyl (C=O) groups is 1. The first-order valence-electron chi connectivity index (χ1n) is 5.86. The van der Waals surface area contributed by atoms with Gasteiger partial charge in [-0.1, -0.05) is 17.7 Å². The molecule has 1 aromatic heterocycles. The minimum Gasteiger partial charge on any atom is -0.382 e. The third-order valence-corrected chi connectivity index (χ3v) is 3.10. The average Bonchev–Trinajstić information content (AvgIpc) is 2.43. The fourth-order valence-electron chi connectivity index (χ4n) is 1.66. The fourth-order valence-corrected chi connectivity index (χ4v) is 1.83. The Balaban J connectivity index is 2.25. The van der Waals surface area contributed by atoms with Crippen molar-refractivity contribution >= 4 is 34.7 Å². The number of pyridine rings is 1. The van der Waals surface area contributed by atoms with E-state index in [1.165, 1.54) is 18.3 Å². The highest BCUT2D eigenvalue weighted by Gasteiger charge is 2.14. The van der Waals surface area contributed by atoms with Crippen LogP contribution in [0.4, 0.5) is 17.2 Å². The van der Waals surface area contributed by atoms with E-state index < -0.39 is 10.8 Å². The number of nitrogens with two attached hydrogens (primary N) is 1. The van der Waals surface area contributed by atoms with E-state index in [0.29, 0.717) is 11.3 Å². The molecule has 0 aliphatic rings. The zero-order valence-electron chi connectivity index (χ0n) is 11.0. The van der Waals surface area contributed by atoms with Gasteiger partial charge in [-0.15, -0.1) is 0 Å². The molecule has 3 N–H and O–H groups in total. The number of rotatable bonds is 3. The van der Waals surface area contributed by atoms with E-state index in [-0.39, 0.29) is 22.1 Å². The van der Waals surface area contributed by atoms with Gasteiger partial charge in [0.1, 0.15) is 5.82 Å². The normalized spacial score (nSPS) is 10.2. The number of carbonyl (C=O) groups excluding carboxylic acids is 1. The molecule has 0 fully saturated rings. The quantitative estimate of drug-likeness (QED) is 0.669. The second kappa shape index (κ2) is 5.76. The zero-order chi connectivity index (χ0) is 15.6. The standard InChI is InChI=1S/C13H11ClN4O3/c1-7-2-3-9(5-11(7)18(20)21)17-13(19)8-4-10(14)12(15)16-6-8/h2-6H,1H3,(H2,15,16)(H,17,19). The van der Waals surface area contributed by atoms with E-state index in [1.54, 1.807) is 19.1 Å². The molecule has 7 nitrogen and oxygen atoms in total. The van der Waals surface area contributed by atoms with Crippen LogP contribution in [-0.4, -0.2) is 15.8 Å². The van der Waals surface area contributed by atoms with Crippen molar-refractivity contribution in [3.05, 3.63) is 56.7 Å². The van der Waals surface area contributed by atoms with Crippen molar-refractivity contribution in [3.8, 4) is 0 Å². The summed E-state index contributed by atoms with van der Waals surface area (Å²) in [4.78, 5) is 26.2. The fraction of sp³-hybridized carbons (Fsp3) is 0.0769. The first kappa shape index (κ1) is 14.7. The minimum atomic E-state index is -0.507. The van der Waals surface area contributed by atoms with Crippen LogP contribution in [0.5, 0.6) is 0 Å². The van der Waals surface area contributed by atoms with Gasteiger partial charge in [0, 0.05) is 23.5 Å². The van der Waals surface area contributed by atoms with E-state index in [0.717, 1.165) is 0 Å². The number of nitro benzene ring substituents is 1. The van der Waals surface area contributed by atoms with E-state index in [4.69, 9.17) is 17.3 Å². The SMILES string of the molecule is Cc1ccc(NC(=O)c2cnc(N)c(Cl)c2)cc1[N+](=O)[O-]. The summed E-state index contributed by atoms with van der Waals surface area (Å²) in [5, 5.41) is 13.6. The molecular formula is C13H11ClN4O3. The number of aryl methyl sites for hydroxylation is 1. The molecule has 0 saturated carbocycles. The molecule has 0 unspecified atom stereocenters. The average molecular weight is 307 g/mol. The summed E-state index contributed by atoms with van der Waals surface area (Å²) in [5.74, 6) is -0.359. The van der Waals surface area contributed by atoms with Crippen LogP contribution in [0.25, 0.3) is 0 Å². The van der Waals surface area contributed by atoms with Crippen LogP contribution in [0.1, 0.15) is 15.9 Å².